The molecule has 0 saturated carbocycles. The summed E-state index contributed by atoms with van der Waals surface area (Å²) in [6.45, 7) is 7.89. The van der Waals surface area contributed by atoms with Crippen molar-refractivity contribution in [3.8, 4) is 28.4 Å². The van der Waals surface area contributed by atoms with Gasteiger partial charge in [-0.3, -0.25) is 9.59 Å². The zero-order valence-corrected chi connectivity index (χ0v) is 26.3. The summed E-state index contributed by atoms with van der Waals surface area (Å²) >= 11 is 0. The maximum absolute atomic E-state index is 12.1. The third kappa shape index (κ3) is 12.2. The molecule has 0 spiro atoms. The Morgan fingerprint density at radius 3 is 2.07 bits per heavy atom. The molecular formula is C35H46N2O7. The number of nitrogens with zero attached hydrogens (tertiary/aromatic N) is 2. The zero-order chi connectivity index (χ0) is 31.4. The molecule has 0 aliphatic rings. The Kier molecular flexibility index (Phi) is 15.6. The van der Waals surface area contributed by atoms with Gasteiger partial charge in [0.2, 0.25) is 0 Å². The molecule has 0 amide bonds. The van der Waals surface area contributed by atoms with Gasteiger partial charge in [-0.1, -0.05) is 25.0 Å². The number of carbonyl (C=O) groups excluding carboxylic acids is 2. The van der Waals surface area contributed by atoms with Crippen molar-refractivity contribution < 1.29 is 33.3 Å². The minimum absolute atomic E-state index is 0.216. The van der Waals surface area contributed by atoms with Crippen LogP contribution < -0.4 is 14.2 Å². The molecule has 0 radical (unpaired) electrons. The molecule has 0 bridgehead atoms. The minimum Gasteiger partial charge on any atom is -0.494 e. The van der Waals surface area contributed by atoms with Crippen molar-refractivity contribution in [1.82, 2.24) is 9.97 Å². The van der Waals surface area contributed by atoms with Crippen molar-refractivity contribution in [1.29, 1.82) is 0 Å². The molecule has 3 rings (SSSR count). The van der Waals surface area contributed by atoms with E-state index in [0.29, 0.717) is 58.7 Å². The zero-order valence-electron chi connectivity index (χ0n) is 26.3. The smallest absolute Gasteiger partial charge is 0.306 e. The lowest BCUT2D eigenvalue weighted by atomic mass is 9.96. The molecule has 1 heterocycles. The molecule has 0 aliphatic heterocycles. The Morgan fingerprint density at radius 2 is 1.34 bits per heavy atom. The molecule has 9 heteroatoms. The monoisotopic (exact) mass is 606 g/mol. The van der Waals surface area contributed by atoms with Crippen molar-refractivity contribution in [3.05, 3.63) is 66.2 Å². The molecule has 0 aliphatic carbocycles. The number of hydrogen-bond donors (Lipinski definition) is 0. The summed E-state index contributed by atoms with van der Waals surface area (Å²) in [4.78, 5) is 32.0. The van der Waals surface area contributed by atoms with Gasteiger partial charge in [-0.15, -0.1) is 0 Å². The molecule has 2 aromatic carbocycles. The number of rotatable bonds is 21. The van der Waals surface area contributed by atoms with E-state index in [2.05, 4.69) is 16.0 Å². The fourth-order valence-electron chi connectivity index (χ4n) is 4.84. The molecule has 1 aromatic heterocycles. The highest BCUT2D eigenvalue weighted by Gasteiger charge is 2.13. The average Bonchev–Trinajstić information content (AvgIpc) is 3.03. The van der Waals surface area contributed by atoms with Crippen LogP contribution in [0.2, 0.25) is 0 Å². The molecule has 0 saturated heterocycles. The van der Waals surface area contributed by atoms with E-state index in [4.69, 9.17) is 23.7 Å². The van der Waals surface area contributed by atoms with E-state index in [1.807, 2.05) is 44.2 Å². The van der Waals surface area contributed by atoms with E-state index in [9.17, 15) is 9.59 Å². The van der Waals surface area contributed by atoms with Crippen molar-refractivity contribution in [2.24, 2.45) is 0 Å². The van der Waals surface area contributed by atoms with Crippen molar-refractivity contribution >= 4 is 11.9 Å². The van der Waals surface area contributed by atoms with Gasteiger partial charge < -0.3 is 23.7 Å². The molecular weight excluding hydrogens is 560 g/mol. The van der Waals surface area contributed by atoms with Crippen LogP contribution in [-0.4, -0.2) is 54.9 Å². The standard InChI is InChI=1S/C35H46N2O7/c1-4-40-30-21-28(29-24-36-26-37-25-29)22-31(23-30)43-19-10-8-7-9-13-27-14-11-15-33(32(27)17-18-35(39)42-6-3)44-20-12-16-34(38)41-5-2/h11,14-15,21-26H,4-10,12-13,16-20H2,1-3H3. The maximum Gasteiger partial charge on any atom is 0.306 e. The average molecular weight is 607 g/mol. The fraction of sp³-hybridized carbons (Fsp3) is 0.486. The summed E-state index contributed by atoms with van der Waals surface area (Å²) < 4.78 is 28.1. The first-order chi connectivity index (χ1) is 21.5. The van der Waals surface area contributed by atoms with E-state index < -0.39 is 0 Å². The van der Waals surface area contributed by atoms with Crippen molar-refractivity contribution in [2.75, 3.05) is 33.0 Å². The number of benzene rings is 2. The van der Waals surface area contributed by atoms with Crippen LogP contribution in [0, 0.1) is 0 Å². The second kappa shape index (κ2) is 19.9. The number of unbranched alkanes of at least 4 members (excludes halogenated alkanes) is 3. The molecule has 0 atom stereocenters. The van der Waals surface area contributed by atoms with Crippen LogP contribution in [0.5, 0.6) is 17.2 Å². The normalized spacial score (nSPS) is 10.7. The third-order valence-corrected chi connectivity index (χ3v) is 6.90. The fourth-order valence-corrected chi connectivity index (χ4v) is 4.84. The van der Waals surface area contributed by atoms with E-state index in [1.54, 1.807) is 19.3 Å². The van der Waals surface area contributed by atoms with Crippen LogP contribution in [0.15, 0.2) is 55.1 Å². The quantitative estimate of drug-likeness (QED) is 0.0941. The van der Waals surface area contributed by atoms with Gasteiger partial charge in [0.15, 0.2) is 0 Å². The van der Waals surface area contributed by atoms with Crippen molar-refractivity contribution in [3.63, 3.8) is 0 Å². The Bertz CT molecular complexity index is 1280. The van der Waals surface area contributed by atoms with E-state index in [0.717, 1.165) is 66.0 Å². The first kappa shape index (κ1) is 34.4. The van der Waals surface area contributed by atoms with Gasteiger partial charge in [0.05, 0.1) is 33.0 Å². The first-order valence-electron chi connectivity index (χ1n) is 15.7. The first-order valence-corrected chi connectivity index (χ1v) is 15.7. The summed E-state index contributed by atoms with van der Waals surface area (Å²) in [5.41, 5.74) is 4.08. The Balaban J connectivity index is 1.50. The highest BCUT2D eigenvalue weighted by molar-refractivity contribution is 5.70. The lowest BCUT2D eigenvalue weighted by Gasteiger charge is -2.16. The van der Waals surface area contributed by atoms with Crippen LogP contribution in [0.4, 0.5) is 0 Å². The summed E-state index contributed by atoms with van der Waals surface area (Å²) in [6.07, 6.45) is 11.7. The molecule has 0 unspecified atom stereocenters. The minimum atomic E-state index is -0.219. The van der Waals surface area contributed by atoms with E-state index in [-0.39, 0.29) is 11.9 Å². The third-order valence-electron chi connectivity index (χ3n) is 6.90. The largest absolute Gasteiger partial charge is 0.494 e. The maximum atomic E-state index is 12.1. The van der Waals surface area contributed by atoms with Gasteiger partial charge in [0.1, 0.15) is 23.6 Å². The van der Waals surface area contributed by atoms with Crippen LogP contribution in [-0.2, 0) is 31.9 Å². The van der Waals surface area contributed by atoms with Gasteiger partial charge in [0.25, 0.3) is 0 Å². The highest BCUT2D eigenvalue weighted by atomic mass is 16.5. The van der Waals surface area contributed by atoms with Gasteiger partial charge in [0, 0.05) is 36.9 Å². The summed E-state index contributed by atoms with van der Waals surface area (Å²) in [6, 6.07) is 11.9. The van der Waals surface area contributed by atoms with Gasteiger partial charge in [-0.25, -0.2) is 9.97 Å². The predicted molar refractivity (Wildman–Crippen MR) is 169 cm³/mol. The summed E-state index contributed by atoms with van der Waals surface area (Å²) in [7, 11) is 0. The Labute approximate surface area is 261 Å². The van der Waals surface area contributed by atoms with Crippen LogP contribution in [0.25, 0.3) is 11.1 Å². The molecule has 0 N–H and O–H groups in total. The number of aromatic nitrogens is 2. The van der Waals surface area contributed by atoms with Gasteiger partial charge >= 0.3 is 11.9 Å². The number of ether oxygens (including phenoxy) is 5. The lowest BCUT2D eigenvalue weighted by molar-refractivity contribution is -0.144. The molecule has 0 fully saturated rings. The second-order valence-electron chi connectivity index (χ2n) is 10.2. The molecule has 44 heavy (non-hydrogen) atoms. The van der Waals surface area contributed by atoms with E-state index in [1.165, 1.54) is 11.9 Å². The second-order valence-corrected chi connectivity index (χ2v) is 10.2. The predicted octanol–water partition coefficient (Wildman–Crippen LogP) is 6.94. The number of hydrogen-bond acceptors (Lipinski definition) is 9. The van der Waals surface area contributed by atoms with Gasteiger partial charge in [-0.2, -0.15) is 0 Å². The van der Waals surface area contributed by atoms with Gasteiger partial charge in [-0.05, 0) is 87.8 Å². The molecule has 3 aromatic rings. The lowest BCUT2D eigenvalue weighted by Crippen LogP contribution is -2.10. The molecule has 238 valence electrons. The van der Waals surface area contributed by atoms with E-state index >= 15 is 0 Å². The number of esters is 2. The van der Waals surface area contributed by atoms with Crippen LogP contribution in [0.1, 0.15) is 76.8 Å². The number of aryl methyl sites for hydroxylation is 1. The number of carbonyl (C=O) groups is 2. The summed E-state index contributed by atoms with van der Waals surface area (Å²) in [5, 5.41) is 0. The van der Waals surface area contributed by atoms with Crippen LogP contribution in [0.3, 0.4) is 0 Å². The van der Waals surface area contributed by atoms with Crippen LogP contribution >= 0.6 is 0 Å². The SMILES string of the molecule is CCOC(=O)CCCOc1cccc(CCCCCCOc2cc(OCC)cc(-c3cncnc3)c2)c1CCC(=O)OCC. The summed E-state index contributed by atoms with van der Waals surface area (Å²) in [5.74, 6) is 1.85. The Morgan fingerprint density at radius 1 is 0.659 bits per heavy atom. The van der Waals surface area contributed by atoms with Crippen molar-refractivity contribution in [2.45, 2.75) is 78.6 Å². The highest BCUT2D eigenvalue weighted by Crippen LogP contribution is 2.30. The Hall–Kier alpha value is -4.14. The molecule has 9 nitrogen and oxygen atoms in total. The topological polar surface area (TPSA) is 106 Å².